The number of carboxylic acid groups (broad SMARTS) is 1. The van der Waals surface area contributed by atoms with Gasteiger partial charge in [0.15, 0.2) is 5.13 Å². The fourth-order valence-corrected chi connectivity index (χ4v) is 2.90. The Balaban J connectivity index is 2.11. The third-order valence-corrected chi connectivity index (χ3v) is 4.50. The van der Waals surface area contributed by atoms with Gasteiger partial charge in [0.1, 0.15) is 0 Å². The first-order valence-corrected chi connectivity index (χ1v) is 8.49. The molecule has 0 saturated heterocycles. The quantitative estimate of drug-likeness (QED) is 0.699. The SMILES string of the molecule is CC(C)=CCc1csc(Nc2ccc(C(C)C(=O)O)cc2Cl)n1. The largest absolute Gasteiger partial charge is 0.481 e. The van der Waals surface area contributed by atoms with Crippen molar-refractivity contribution < 1.29 is 9.90 Å². The van der Waals surface area contributed by atoms with Crippen LogP contribution in [-0.2, 0) is 11.2 Å². The van der Waals surface area contributed by atoms with Crippen molar-refractivity contribution in [2.45, 2.75) is 33.1 Å². The van der Waals surface area contributed by atoms with Crippen molar-refractivity contribution in [3.05, 3.63) is 51.5 Å². The molecule has 1 unspecified atom stereocenters. The van der Waals surface area contributed by atoms with E-state index in [1.54, 1.807) is 25.1 Å². The summed E-state index contributed by atoms with van der Waals surface area (Å²) >= 11 is 7.77. The standard InChI is InChI=1S/C17H19ClN2O2S/c1-10(2)4-6-13-9-23-17(19-13)20-15-7-5-12(8-14(15)18)11(3)16(21)22/h4-5,7-9,11H,6H2,1-3H3,(H,19,20)(H,21,22). The first-order valence-electron chi connectivity index (χ1n) is 7.24. The van der Waals surface area contributed by atoms with Crippen LogP contribution in [0.1, 0.15) is 37.9 Å². The normalized spacial score (nSPS) is 11.8. The average Bonchev–Trinajstić information content (AvgIpc) is 2.94. The van der Waals surface area contributed by atoms with Gasteiger partial charge in [-0.1, -0.05) is 29.3 Å². The van der Waals surface area contributed by atoms with Crippen LogP contribution in [0.4, 0.5) is 10.8 Å². The van der Waals surface area contributed by atoms with E-state index in [0.29, 0.717) is 10.6 Å². The molecule has 23 heavy (non-hydrogen) atoms. The van der Waals surface area contributed by atoms with Gasteiger partial charge in [-0.05, 0) is 38.5 Å². The second kappa shape index (κ2) is 7.62. The van der Waals surface area contributed by atoms with Gasteiger partial charge in [0.05, 0.1) is 22.3 Å². The van der Waals surface area contributed by atoms with Crippen LogP contribution in [-0.4, -0.2) is 16.1 Å². The Hall–Kier alpha value is -1.85. The van der Waals surface area contributed by atoms with Crippen LogP contribution in [0, 0.1) is 0 Å². The number of halogens is 1. The number of carboxylic acids is 1. The van der Waals surface area contributed by atoms with Crippen LogP contribution in [0.25, 0.3) is 0 Å². The number of nitrogens with one attached hydrogen (secondary N) is 1. The number of anilines is 2. The summed E-state index contributed by atoms with van der Waals surface area (Å²) in [6.45, 7) is 5.76. The van der Waals surface area contributed by atoms with E-state index in [0.717, 1.165) is 22.9 Å². The molecule has 0 saturated carbocycles. The number of carbonyl (C=O) groups is 1. The Morgan fingerprint density at radius 2 is 2.22 bits per heavy atom. The highest BCUT2D eigenvalue weighted by Crippen LogP contribution is 2.30. The Kier molecular flexibility index (Phi) is 5.80. The molecule has 6 heteroatoms. The lowest BCUT2D eigenvalue weighted by Crippen LogP contribution is -2.07. The lowest BCUT2D eigenvalue weighted by molar-refractivity contribution is -0.138. The number of hydrogen-bond acceptors (Lipinski definition) is 4. The molecule has 0 aliphatic carbocycles. The first kappa shape index (κ1) is 17.5. The fourth-order valence-electron chi connectivity index (χ4n) is 1.93. The van der Waals surface area contributed by atoms with Crippen LogP contribution in [0.3, 0.4) is 0 Å². The number of rotatable bonds is 6. The number of aliphatic carboxylic acids is 1. The second-order valence-corrected chi connectivity index (χ2v) is 6.82. The Morgan fingerprint density at radius 3 is 2.83 bits per heavy atom. The summed E-state index contributed by atoms with van der Waals surface area (Å²) in [4.78, 5) is 15.5. The predicted octanol–water partition coefficient (Wildman–Crippen LogP) is 5.24. The lowest BCUT2D eigenvalue weighted by atomic mass is 10.0. The van der Waals surface area contributed by atoms with E-state index in [1.807, 2.05) is 5.38 Å². The van der Waals surface area contributed by atoms with Crippen molar-refractivity contribution in [2.24, 2.45) is 0 Å². The third kappa shape index (κ3) is 4.81. The van der Waals surface area contributed by atoms with Gasteiger partial charge in [-0.2, -0.15) is 0 Å². The molecular formula is C17H19ClN2O2S. The summed E-state index contributed by atoms with van der Waals surface area (Å²) in [7, 11) is 0. The topological polar surface area (TPSA) is 62.2 Å². The summed E-state index contributed by atoms with van der Waals surface area (Å²) < 4.78 is 0. The maximum absolute atomic E-state index is 11.0. The molecule has 4 nitrogen and oxygen atoms in total. The summed E-state index contributed by atoms with van der Waals surface area (Å²) in [5.74, 6) is -1.46. The van der Waals surface area contributed by atoms with E-state index in [4.69, 9.17) is 16.7 Å². The molecule has 0 amide bonds. The van der Waals surface area contributed by atoms with E-state index in [9.17, 15) is 4.79 Å². The summed E-state index contributed by atoms with van der Waals surface area (Å²) in [5.41, 5.74) is 3.66. The monoisotopic (exact) mass is 350 g/mol. The Labute approximate surface area is 144 Å². The van der Waals surface area contributed by atoms with E-state index in [-0.39, 0.29) is 0 Å². The zero-order chi connectivity index (χ0) is 17.0. The number of aromatic nitrogens is 1. The molecule has 0 radical (unpaired) electrons. The number of benzene rings is 1. The van der Waals surface area contributed by atoms with Crippen molar-refractivity contribution in [2.75, 3.05) is 5.32 Å². The van der Waals surface area contributed by atoms with Crippen LogP contribution in [0.15, 0.2) is 35.2 Å². The van der Waals surface area contributed by atoms with Crippen molar-refractivity contribution in [1.82, 2.24) is 4.98 Å². The summed E-state index contributed by atoms with van der Waals surface area (Å²) in [5, 5.41) is 15.5. The van der Waals surface area contributed by atoms with Crippen molar-refractivity contribution >= 4 is 39.7 Å². The molecule has 0 fully saturated rings. The van der Waals surface area contributed by atoms with Gasteiger partial charge in [-0.25, -0.2) is 4.98 Å². The molecule has 1 heterocycles. The van der Waals surface area contributed by atoms with E-state index >= 15 is 0 Å². The maximum Gasteiger partial charge on any atom is 0.310 e. The zero-order valence-corrected chi connectivity index (χ0v) is 14.8. The second-order valence-electron chi connectivity index (χ2n) is 5.55. The molecule has 1 atom stereocenters. The van der Waals surface area contributed by atoms with E-state index < -0.39 is 11.9 Å². The molecule has 1 aromatic heterocycles. The van der Waals surface area contributed by atoms with Crippen molar-refractivity contribution in [1.29, 1.82) is 0 Å². The van der Waals surface area contributed by atoms with E-state index in [1.165, 1.54) is 16.9 Å². The van der Waals surface area contributed by atoms with Gasteiger partial charge >= 0.3 is 5.97 Å². The van der Waals surface area contributed by atoms with Crippen LogP contribution in [0.5, 0.6) is 0 Å². The van der Waals surface area contributed by atoms with Crippen molar-refractivity contribution in [3.63, 3.8) is 0 Å². The molecule has 2 aromatic rings. The average molecular weight is 351 g/mol. The van der Waals surface area contributed by atoms with Gasteiger partial charge in [0.2, 0.25) is 0 Å². The maximum atomic E-state index is 11.0. The molecule has 0 aliphatic heterocycles. The Bertz CT molecular complexity index is 736. The highest BCUT2D eigenvalue weighted by molar-refractivity contribution is 7.13. The minimum Gasteiger partial charge on any atom is -0.481 e. The van der Waals surface area contributed by atoms with Crippen molar-refractivity contribution in [3.8, 4) is 0 Å². The highest BCUT2D eigenvalue weighted by Gasteiger charge is 2.15. The Morgan fingerprint density at radius 1 is 1.48 bits per heavy atom. The van der Waals surface area contributed by atoms with Crippen LogP contribution >= 0.6 is 22.9 Å². The number of hydrogen-bond donors (Lipinski definition) is 2. The lowest BCUT2D eigenvalue weighted by Gasteiger charge is -2.10. The fraction of sp³-hybridized carbons (Fsp3) is 0.294. The van der Waals surface area contributed by atoms with Crippen LogP contribution in [0.2, 0.25) is 5.02 Å². The smallest absolute Gasteiger partial charge is 0.310 e. The van der Waals surface area contributed by atoms with Gasteiger partial charge in [0.25, 0.3) is 0 Å². The molecule has 2 N–H and O–H groups in total. The molecule has 122 valence electrons. The number of nitrogens with zero attached hydrogens (tertiary/aromatic N) is 1. The van der Waals surface area contributed by atoms with Gasteiger partial charge in [-0.15, -0.1) is 11.3 Å². The molecular weight excluding hydrogens is 332 g/mol. The van der Waals surface area contributed by atoms with E-state index in [2.05, 4.69) is 30.2 Å². The van der Waals surface area contributed by atoms with Gasteiger partial charge in [-0.3, -0.25) is 4.79 Å². The third-order valence-electron chi connectivity index (χ3n) is 3.38. The number of thiazole rings is 1. The van der Waals surface area contributed by atoms with Gasteiger partial charge < -0.3 is 10.4 Å². The minimum absolute atomic E-state index is 0.483. The predicted molar refractivity (Wildman–Crippen MR) is 96.0 cm³/mol. The highest BCUT2D eigenvalue weighted by atomic mass is 35.5. The molecule has 0 aliphatic rings. The summed E-state index contributed by atoms with van der Waals surface area (Å²) in [6, 6.07) is 5.24. The molecule has 0 spiro atoms. The van der Waals surface area contributed by atoms with Crippen LogP contribution < -0.4 is 5.32 Å². The molecule has 2 rings (SSSR count). The number of allylic oxidation sites excluding steroid dienone is 2. The van der Waals surface area contributed by atoms with Gasteiger partial charge in [0, 0.05) is 11.8 Å². The summed E-state index contributed by atoms with van der Waals surface area (Å²) in [6.07, 6.45) is 2.94. The zero-order valence-electron chi connectivity index (χ0n) is 13.3. The molecule has 1 aromatic carbocycles. The minimum atomic E-state index is -0.870. The first-order chi connectivity index (χ1) is 10.9. The molecule has 0 bridgehead atoms.